The Kier molecular flexibility index (Phi) is 4.76. The number of para-hydroxylation sites is 1. The molecule has 0 spiro atoms. The average molecular weight is 376 g/mol. The first kappa shape index (κ1) is 15.7. The quantitative estimate of drug-likeness (QED) is 0.832. The maximum absolute atomic E-state index is 10.8. The molecule has 1 aromatic heterocycles. The number of amides is 1. The molecule has 3 rings (SSSR count). The van der Waals surface area contributed by atoms with Crippen LogP contribution in [0.15, 0.2) is 34.8 Å². The topological polar surface area (TPSA) is 61.4 Å². The Labute approximate surface area is 143 Å². The largest absolute Gasteiger partial charge is 0.353 e. The van der Waals surface area contributed by atoms with Crippen LogP contribution in [0.25, 0.3) is 0 Å². The molecule has 7 heteroatoms. The van der Waals surface area contributed by atoms with Crippen molar-refractivity contribution in [2.24, 2.45) is 0 Å². The van der Waals surface area contributed by atoms with Crippen molar-refractivity contribution in [1.82, 2.24) is 14.9 Å². The Morgan fingerprint density at radius 3 is 2.61 bits per heavy atom. The van der Waals surface area contributed by atoms with Crippen LogP contribution >= 0.6 is 15.9 Å². The number of carbonyl (C=O) groups is 1. The maximum Gasteiger partial charge on any atom is 0.229 e. The van der Waals surface area contributed by atoms with Crippen LogP contribution in [0.1, 0.15) is 5.69 Å². The summed E-state index contributed by atoms with van der Waals surface area (Å²) in [5, 5.41) is 3.25. The first-order chi connectivity index (χ1) is 11.2. The van der Waals surface area contributed by atoms with E-state index in [9.17, 15) is 4.79 Å². The molecule has 120 valence electrons. The van der Waals surface area contributed by atoms with Crippen LogP contribution in [0.3, 0.4) is 0 Å². The van der Waals surface area contributed by atoms with E-state index >= 15 is 0 Å². The third kappa shape index (κ3) is 3.79. The highest BCUT2D eigenvalue weighted by Gasteiger charge is 2.18. The predicted molar refractivity (Wildman–Crippen MR) is 94.0 cm³/mol. The number of hydrogen-bond acceptors (Lipinski definition) is 5. The minimum absolute atomic E-state index is 0.574. The maximum atomic E-state index is 10.8. The van der Waals surface area contributed by atoms with E-state index in [2.05, 4.69) is 36.1 Å². The highest BCUT2D eigenvalue weighted by Crippen LogP contribution is 2.25. The van der Waals surface area contributed by atoms with Gasteiger partial charge in [0.25, 0.3) is 0 Å². The Bertz CT molecular complexity index is 701. The zero-order valence-electron chi connectivity index (χ0n) is 12.9. The molecule has 0 atom stereocenters. The van der Waals surface area contributed by atoms with E-state index in [0.29, 0.717) is 5.95 Å². The number of nitrogens with one attached hydrogen (secondary N) is 1. The minimum atomic E-state index is 0.574. The lowest BCUT2D eigenvalue weighted by Gasteiger charge is -2.33. The molecule has 1 fully saturated rings. The van der Waals surface area contributed by atoms with Crippen LogP contribution in [0.5, 0.6) is 0 Å². The molecule has 2 heterocycles. The number of aromatic nitrogens is 2. The number of carbonyl (C=O) groups excluding carboxylic acids is 1. The fourth-order valence-electron chi connectivity index (χ4n) is 2.51. The summed E-state index contributed by atoms with van der Waals surface area (Å²) in [4.78, 5) is 23.9. The summed E-state index contributed by atoms with van der Waals surface area (Å²) in [6, 6.07) is 9.84. The van der Waals surface area contributed by atoms with Gasteiger partial charge < -0.3 is 15.1 Å². The Hall–Kier alpha value is -2.15. The van der Waals surface area contributed by atoms with Crippen molar-refractivity contribution in [2.75, 3.05) is 36.4 Å². The molecular formula is C16H18BrN5O. The summed E-state index contributed by atoms with van der Waals surface area (Å²) >= 11 is 3.51. The van der Waals surface area contributed by atoms with Crippen molar-refractivity contribution < 1.29 is 4.79 Å². The van der Waals surface area contributed by atoms with E-state index in [1.807, 2.05) is 37.3 Å². The fourth-order valence-corrected chi connectivity index (χ4v) is 2.89. The van der Waals surface area contributed by atoms with Crippen LogP contribution in [0.2, 0.25) is 0 Å². The summed E-state index contributed by atoms with van der Waals surface area (Å²) in [6.45, 7) is 4.96. The van der Waals surface area contributed by atoms with Crippen LogP contribution in [-0.2, 0) is 4.79 Å². The van der Waals surface area contributed by atoms with Crippen LogP contribution < -0.4 is 10.2 Å². The summed E-state index contributed by atoms with van der Waals surface area (Å²) in [5.41, 5.74) is 1.83. The lowest BCUT2D eigenvalue weighted by molar-refractivity contribution is -0.118. The first-order valence-corrected chi connectivity index (χ1v) is 8.26. The van der Waals surface area contributed by atoms with Gasteiger partial charge in [0, 0.05) is 42.4 Å². The lowest BCUT2D eigenvalue weighted by atomic mass is 10.3. The average Bonchev–Trinajstić information content (AvgIpc) is 2.56. The second-order valence-electron chi connectivity index (χ2n) is 5.42. The molecule has 1 aliphatic rings. The van der Waals surface area contributed by atoms with Gasteiger partial charge in [-0.05, 0) is 35.0 Å². The van der Waals surface area contributed by atoms with E-state index in [0.717, 1.165) is 54.3 Å². The summed E-state index contributed by atoms with van der Waals surface area (Å²) in [7, 11) is 0. The molecule has 6 nitrogen and oxygen atoms in total. The van der Waals surface area contributed by atoms with E-state index in [4.69, 9.17) is 0 Å². The molecular weight excluding hydrogens is 358 g/mol. The molecule has 1 N–H and O–H groups in total. The smallest absolute Gasteiger partial charge is 0.229 e. The van der Waals surface area contributed by atoms with E-state index in [1.165, 1.54) is 0 Å². The lowest BCUT2D eigenvalue weighted by Crippen LogP contribution is -2.46. The van der Waals surface area contributed by atoms with Crippen molar-refractivity contribution in [3.05, 3.63) is 40.5 Å². The Morgan fingerprint density at radius 2 is 1.91 bits per heavy atom. The third-order valence-electron chi connectivity index (χ3n) is 3.75. The second kappa shape index (κ2) is 6.95. The fraction of sp³-hybridized carbons (Fsp3) is 0.312. The Balaban J connectivity index is 1.80. The van der Waals surface area contributed by atoms with Gasteiger partial charge >= 0.3 is 0 Å². The number of benzene rings is 1. The third-order valence-corrected chi connectivity index (χ3v) is 4.44. The normalized spacial score (nSPS) is 14.7. The Morgan fingerprint density at radius 1 is 1.17 bits per heavy atom. The van der Waals surface area contributed by atoms with Gasteiger partial charge in [0.1, 0.15) is 5.82 Å². The summed E-state index contributed by atoms with van der Waals surface area (Å²) in [6.07, 6.45) is 0.905. The van der Waals surface area contributed by atoms with Gasteiger partial charge in [-0.1, -0.05) is 12.1 Å². The second-order valence-corrected chi connectivity index (χ2v) is 6.28. The molecule has 0 bridgehead atoms. The molecule has 23 heavy (non-hydrogen) atoms. The van der Waals surface area contributed by atoms with E-state index < -0.39 is 0 Å². The van der Waals surface area contributed by atoms with Gasteiger partial charge in [0.05, 0.1) is 5.69 Å². The number of nitrogens with zero attached hydrogens (tertiary/aromatic N) is 4. The monoisotopic (exact) mass is 375 g/mol. The van der Waals surface area contributed by atoms with Crippen molar-refractivity contribution >= 4 is 39.8 Å². The number of anilines is 3. The number of aryl methyl sites for hydroxylation is 1. The number of halogens is 1. The molecule has 0 radical (unpaired) electrons. The van der Waals surface area contributed by atoms with Gasteiger partial charge in [-0.15, -0.1) is 0 Å². The van der Waals surface area contributed by atoms with Gasteiger partial charge in [-0.3, -0.25) is 4.79 Å². The molecule has 1 aromatic carbocycles. The summed E-state index contributed by atoms with van der Waals surface area (Å²) in [5.74, 6) is 1.46. The first-order valence-electron chi connectivity index (χ1n) is 7.47. The minimum Gasteiger partial charge on any atom is -0.353 e. The molecule has 1 aliphatic heterocycles. The highest BCUT2D eigenvalue weighted by molar-refractivity contribution is 9.10. The standard InChI is InChI=1S/C16H18BrN5O/c1-12-10-15(22-8-6-21(11-23)7-9-22)20-16(18-12)19-14-5-3-2-4-13(14)17/h2-5,10-11H,6-9H2,1H3,(H,18,19,20). The molecule has 0 unspecified atom stereocenters. The van der Waals surface area contributed by atoms with Crippen molar-refractivity contribution in [3.63, 3.8) is 0 Å². The summed E-state index contributed by atoms with van der Waals surface area (Å²) < 4.78 is 0.964. The van der Waals surface area contributed by atoms with E-state index in [1.54, 1.807) is 4.90 Å². The number of piperazine rings is 1. The zero-order valence-corrected chi connectivity index (χ0v) is 14.5. The van der Waals surface area contributed by atoms with Crippen LogP contribution in [0, 0.1) is 6.92 Å². The molecule has 1 saturated heterocycles. The van der Waals surface area contributed by atoms with Crippen molar-refractivity contribution in [1.29, 1.82) is 0 Å². The molecule has 2 aromatic rings. The van der Waals surface area contributed by atoms with Crippen LogP contribution in [-0.4, -0.2) is 47.5 Å². The van der Waals surface area contributed by atoms with Crippen molar-refractivity contribution in [2.45, 2.75) is 6.92 Å². The molecule has 0 saturated carbocycles. The predicted octanol–water partition coefficient (Wildman–Crippen LogP) is 2.57. The number of hydrogen-bond donors (Lipinski definition) is 1. The highest BCUT2D eigenvalue weighted by atomic mass is 79.9. The van der Waals surface area contributed by atoms with E-state index in [-0.39, 0.29) is 0 Å². The van der Waals surface area contributed by atoms with Gasteiger partial charge in [0.2, 0.25) is 12.4 Å². The van der Waals surface area contributed by atoms with Gasteiger partial charge in [-0.25, -0.2) is 4.98 Å². The SMILES string of the molecule is Cc1cc(N2CCN(C=O)CC2)nc(Nc2ccccc2Br)n1. The van der Waals surface area contributed by atoms with Crippen LogP contribution in [0.4, 0.5) is 17.5 Å². The van der Waals surface area contributed by atoms with Crippen molar-refractivity contribution in [3.8, 4) is 0 Å². The molecule has 0 aliphatic carbocycles. The zero-order chi connectivity index (χ0) is 16.2. The molecule has 1 amide bonds. The number of rotatable bonds is 4. The van der Waals surface area contributed by atoms with Gasteiger partial charge in [-0.2, -0.15) is 4.98 Å². The van der Waals surface area contributed by atoms with Gasteiger partial charge in [0.15, 0.2) is 0 Å².